The van der Waals surface area contributed by atoms with Gasteiger partial charge >= 0.3 is 6.09 Å². The summed E-state index contributed by atoms with van der Waals surface area (Å²) in [5.41, 5.74) is 1.95. The number of pyridine rings is 1. The van der Waals surface area contributed by atoms with Gasteiger partial charge in [0, 0.05) is 38.1 Å². The number of morpholine rings is 1. The molecular formula is C20H27N3O4. The van der Waals surface area contributed by atoms with Crippen molar-refractivity contribution in [2.75, 3.05) is 39.5 Å². The van der Waals surface area contributed by atoms with Crippen LogP contribution in [-0.4, -0.2) is 72.3 Å². The third-order valence-electron chi connectivity index (χ3n) is 4.89. The van der Waals surface area contributed by atoms with Crippen LogP contribution in [0, 0.1) is 6.92 Å². The minimum atomic E-state index is -0.322. The fraction of sp³-hybridized carbons (Fsp3) is 0.550. The van der Waals surface area contributed by atoms with E-state index in [0.29, 0.717) is 32.8 Å². The van der Waals surface area contributed by atoms with Crippen LogP contribution in [0.3, 0.4) is 0 Å². The molecule has 0 saturated carbocycles. The Morgan fingerprint density at radius 1 is 1.26 bits per heavy atom. The normalized spacial score (nSPS) is 20.7. The van der Waals surface area contributed by atoms with Gasteiger partial charge in [-0.2, -0.15) is 0 Å². The number of ether oxygens (including phenoxy) is 2. The smallest absolute Gasteiger partial charge is 0.409 e. The summed E-state index contributed by atoms with van der Waals surface area (Å²) in [6.45, 7) is 5.09. The van der Waals surface area contributed by atoms with Crippen LogP contribution in [0.25, 0.3) is 6.08 Å². The van der Waals surface area contributed by atoms with Crippen LogP contribution in [0.2, 0.25) is 0 Å². The Labute approximate surface area is 159 Å². The molecule has 0 aromatic carbocycles. The van der Waals surface area contributed by atoms with E-state index in [0.717, 1.165) is 30.4 Å². The number of amides is 2. The number of nitrogens with zero attached hydrogens (tertiary/aromatic N) is 3. The van der Waals surface area contributed by atoms with E-state index in [1.54, 1.807) is 29.4 Å². The molecule has 1 aromatic rings. The number of carbonyl (C=O) groups excluding carboxylic acids is 2. The summed E-state index contributed by atoms with van der Waals surface area (Å²) in [5.74, 6) is -0.0522. The summed E-state index contributed by atoms with van der Waals surface area (Å²) >= 11 is 0. The number of piperidine rings is 1. The minimum Gasteiger partial charge on any atom is -0.447 e. The van der Waals surface area contributed by atoms with E-state index >= 15 is 0 Å². The lowest BCUT2D eigenvalue weighted by Gasteiger charge is -2.35. The molecule has 2 fully saturated rings. The van der Waals surface area contributed by atoms with Crippen molar-refractivity contribution in [1.29, 1.82) is 0 Å². The highest BCUT2D eigenvalue weighted by Crippen LogP contribution is 2.19. The predicted molar refractivity (Wildman–Crippen MR) is 101 cm³/mol. The first-order chi connectivity index (χ1) is 13.1. The highest BCUT2D eigenvalue weighted by Gasteiger charge is 2.27. The zero-order chi connectivity index (χ0) is 19.1. The molecular weight excluding hydrogens is 346 g/mol. The Balaban J connectivity index is 1.55. The first-order valence-electron chi connectivity index (χ1n) is 9.53. The lowest BCUT2D eigenvalue weighted by Crippen LogP contribution is -2.47. The molecule has 0 aliphatic carbocycles. The van der Waals surface area contributed by atoms with E-state index in [1.165, 1.54) is 0 Å². The molecule has 2 aliphatic rings. The van der Waals surface area contributed by atoms with Gasteiger partial charge in [0.25, 0.3) is 0 Å². The molecule has 1 unspecified atom stereocenters. The molecule has 7 heteroatoms. The van der Waals surface area contributed by atoms with E-state index in [9.17, 15) is 9.59 Å². The number of rotatable bonds is 4. The maximum absolute atomic E-state index is 12.7. The van der Waals surface area contributed by atoms with Gasteiger partial charge in [0.15, 0.2) is 0 Å². The Morgan fingerprint density at radius 3 is 2.85 bits per heavy atom. The Kier molecular flexibility index (Phi) is 6.81. The van der Waals surface area contributed by atoms with Crippen LogP contribution in [-0.2, 0) is 14.3 Å². The molecule has 0 spiro atoms. The van der Waals surface area contributed by atoms with Crippen LogP contribution in [0.1, 0.15) is 30.4 Å². The van der Waals surface area contributed by atoms with Crippen molar-refractivity contribution in [3.8, 4) is 0 Å². The molecule has 3 heterocycles. The lowest BCUT2D eigenvalue weighted by atomic mass is 10.0. The second-order valence-corrected chi connectivity index (χ2v) is 6.99. The van der Waals surface area contributed by atoms with Crippen molar-refractivity contribution >= 4 is 18.1 Å². The van der Waals surface area contributed by atoms with Crippen molar-refractivity contribution in [3.63, 3.8) is 0 Å². The van der Waals surface area contributed by atoms with E-state index in [4.69, 9.17) is 9.47 Å². The molecule has 2 aliphatic heterocycles. The number of aromatic nitrogens is 1. The van der Waals surface area contributed by atoms with Gasteiger partial charge in [-0.1, -0.05) is 0 Å². The van der Waals surface area contributed by atoms with Gasteiger partial charge in [0.05, 0.1) is 19.3 Å². The van der Waals surface area contributed by atoms with Crippen LogP contribution in [0.4, 0.5) is 4.79 Å². The van der Waals surface area contributed by atoms with Gasteiger partial charge in [0.1, 0.15) is 6.61 Å². The fourth-order valence-corrected chi connectivity index (χ4v) is 3.40. The molecule has 2 saturated heterocycles. The van der Waals surface area contributed by atoms with E-state index in [1.807, 2.05) is 17.9 Å². The number of carbonyl (C=O) groups is 2. The number of likely N-dealkylation sites (tertiary alicyclic amines) is 1. The quantitative estimate of drug-likeness (QED) is 0.757. The molecule has 0 N–H and O–H groups in total. The summed E-state index contributed by atoms with van der Waals surface area (Å²) in [6.07, 6.45) is 9.41. The van der Waals surface area contributed by atoms with Gasteiger partial charge in [0.2, 0.25) is 5.91 Å². The third-order valence-corrected chi connectivity index (χ3v) is 4.89. The van der Waals surface area contributed by atoms with E-state index in [2.05, 4.69) is 4.98 Å². The molecule has 27 heavy (non-hydrogen) atoms. The van der Waals surface area contributed by atoms with Crippen molar-refractivity contribution < 1.29 is 19.1 Å². The maximum Gasteiger partial charge on any atom is 0.409 e. The number of aryl methyl sites for hydroxylation is 1. The SMILES string of the molecule is Cc1cncc(/C=C/C(=O)N2CCCCC2COC(=O)N2CCOCC2)c1. The van der Waals surface area contributed by atoms with Crippen molar-refractivity contribution in [2.45, 2.75) is 32.2 Å². The monoisotopic (exact) mass is 373 g/mol. The second kappa shape index (κ2) is 9.50. The molecule has 0 radical (unpaired) electrons. The molecule has 7 nitrogen and oxygen atoms in total. The highest BCUT2D eigenvalue weighted by molar-refractivity contribution is 5.92. The highest BCUT2D eigenvalue weighted by atomic mass is 16.6. The maximum atomic E-state index is 12.7. The summed E-state index contributed by atoms with van der Waals surface area (Å²) in [5, 5.41) is 0. The molecule has 3 rings (SSSR count). The third kappa shape index (κ3) is 5.53. The Bertz CT molecular complexity index is 686. The Morgan fingerprint density at radius 2 is 2.07 bits per heavy atom. The minimum absolute atomic E-state index is 0.0522. The van der Waals surface area contributed by atoms with Gasteiger partial charge in [-0.3, -0.25) is 9.78 Å². The number of hydrogen-bond donors (Lipinski definition) is 0. The van der Waals surface area contributed by atoms with Crippen molar-refractivity contribution in [1.82, 2.24) is 14.8 Å². The standard InChI is InChI=1S/C20H27N3O4/c1-16-12-17(14-21-13-16)5-6-19(24)23-7-3-2-4-18(23)15-27-20(25)22-8-10-26-11-9-22/h5-6,12-14,18H,2-4,7-11,15H2,1H3/b6-5+. The van der Waals surface area contributed by atoms with Gasteiger partial charge in [-0.25, -0.2) is 4.79 Å². The molecule has 2 amide bonds. The van der Waals surface area contributed by atoms with Crippen molar-refractivity contribution in [3.05, 3.63) is 35.7 Å². The zero-order valence-electron chi connectivity index (χ0n) is 15.8. The molecule has 146 valence electrons. The van der Waals surface area contributed by atoms with Crippen LogP contribution >= 0.6 is 0 Å². The van der Waals surface area contributed by atoms with Crippen molar-refractivity contribution in [2.24, 2.45) is 0 Å². The Hall–Kier alpha value is -2.41. The average Bonchev–Trinajstić information content (AvgIpc) is 2.71. The average molecular weight is 373 g/mol. The summed E-state index contributed by atoms with van der Waals surface area (Å²) in [7, 11) is 0. The topological polar surface area (TPSA) is 72.0 Å². The summed E-state index contributed by atoms with van der Waals surface area (Å²) in [4.78, 5) is 32.5. The predicted octanol–water partition coefficient (Wildman–Crippen LogP) is 2.25. The van der Waals surface area contributed by atoms with Crippen LogP contribution < -0.4 is 0 Å². The first kappa shape index (κ1) is 19.4. The fourth-order valence-electron chi connectivity index (χ4n) is 3.40. The largest absolute Gasteiger partial charge is 0.447 e. The summed E-state index contributed by atoms with van der Waals surface area (Å²) < 4.78 is 10.7. The van der Waals surface area contributed by atoms with Crippen LogP contribution in [0.15, 0.2) is 24.5 Å². The number of hydrogen-bond acceptors (Lipinski definition) is 5. The summed E-state index contributed by atoms with van der Waals surface area (Å²) in [6, 6.07) is 1.91. The van der Waals surface area contributed by atoms with Gasteiger partial charge in [-0.15, -0.1) is 0 Å². The van der Waals surface area contributed by atoms with Gasteiger partial charge < -0.3 is 19.3 Å². The van der Waals surface area contributed by atoms with E-state index < -0.39 is 0 Å². The zero-order valence-corrected chi connectivity index (χ0v) is 15.8. The molecule has 0 bridgehead atoms. The molecule has 1 atom stereocenters. The molecule has 1 aromatic heterocycles. The second-order valence-electron chi connectivity index (χ2n) is 6.99. The first-order valence-corrected chi connectivity index (χ1v) is 9.53. The van der Waals surface area contributed by atoms with Crippen LogP contribution in [0.5, 0.6) is 0 Å². The lowest BCUT2D eigenvalue weighted by molar-refractivity contribution is -0.130. The van der Waals surface area contributed by atoms with Gasteiger partial charge in [-0.05, 0) is 49.5 Å². The van der Waals surface area contributed by atoms with E-state index in [-0.39, 0.29) is 24.6 Å².